The summed E-state index contributed by atoms with van der Waals surface area (Å²) >= 11 is 0. The number of halogens is 3. The van der Waals surface area contributed by atoms with Gasteiger partial charge in [-0.1, -0.05) is 78.9 Å². The minimum atomic E-state index is -4.64. The van der Waals surface area contributed by atoms with Crippen LogP contribution in [0.3, 0.4) is 0 Å². The smallest absolute Gasteiger partial charge is 0.416 e. The molecule has 3 heterocycles. The van der Waals surface area contributed by atoms with E-state index in [1.54, 1.807) is 25.3 Å². The van der Waals surface area contributed by atoms with E-state index in [0.717, 1.165) is 57.9 Å². The van der Waals surface area contributed by atoms with Crippen LogP contribution in [0.1, 0.15) is 72.4 Å². The Morgan fingerprint density at radius 2 is 1.51 bits per heavy atom. The number of carbonyl (C=O) groups is 1. The fourth-order valence-corrected chi connectivity index (χ4v) is 7.79. The molecule has 51 heavy (non-hydrogen) atoms. The summed E-state index contributed by atoms with van der Waals surface area (Å²) in [5, 5.41) is 3.26. The first kappa shape index (κ1) is 34.8. The number of benzene rings is 3. The van der Waals surface area contributed by atoms with Gasteiger partial charge in [0.2, 0.25) is 5.88 Å². The molecule has 3 aliphatic rings. The lowest BCUT2D eigenvalue weighted by atomic mass is 9.79. The summed E-state index contributed by atoms with van der Waals surface area (Å²) in [6.45, 7) is 5.57. The average molecular weight is 697 g/mol. The molecule has 7 nitrogen and oxygen atoms in total. The molecular weight excluding hydrogens is 653 g/mol. The molecule has 4 aromatic rings. The number of aromatic nitrogens is 1. The van der Waals surface area contributed by atoms with Crippen LogP contribution in [0.15, 0.2) is 108 Å². The zero-order valence-corrected chi connectivity index (χ0v) is 28.7. The molecule has 1 saturated carbocycles. The van der Waals surface area contributed by atoms with Crippen molar-refractivity contribution in [3.05, 3.63) is 136 Å². The van der Waals surface area contributed by atoms with Crippen molar-refractivity contribution in [3.8, 4) is 5.88 Å². The van der Waals surface area contributed by atoms with Gasteiger partial charge in [0, 0.05) is 55.9 Å². The fourth-order valence-electron chi connectivity index (χ4n) is 7.79. The molecule has 1 aromatic heterocycles. The highest BCUT2D eigenvalue weighted by Gasteiger charge is 2.42. The summed E-state index contributed by atoms with van der Waals surface area (Å²) in [6, 6.07) is 28.3. The van der Waals surface area contributed by atoms with Crippen molar-refractivity contribution in [2.24, 2.45) is 0 Å². The van der Waals surface area contributed by atoms with E-state index in [1.807, 2.05) is 12.1 Å². The van der Waals surface area contributed by atoms with Crippen molar-refractivity contribution in [2.75, 3.05) is 44.6 Å². The van der Waals surface area contributed by atoms with Gasteiger partial charge in [0.05, 0.1) is 23.1 Å². The monoisotopic (exact) mass is 696 g/mol. The minimum Gasteiger partial charge on any atom is -0.474 e. The Morgan fingerprint density at radius 3 is 2.16 bits per heavy atom. The van der Waals surface area contributed by atoms with Crippen LogP contribution in [-0.2, 0) is 15.7 Å². The summed E-state index contributed by atoms with van der Waals surface area (Å²) in [6.07, 6.45) is 0.595. The van der Waals surface area contributed by atoms with Crippen LogP contribution in [0.25, 0.3) is 0 Å². The number of hydrogen-bond acceptors (Lipinski definition) is 7. The van der Waals surface area contributed by atoms with E-state index in [2.05, 4.69) is 68.6 Å². The van der Waals surface area contributed by atoms with E-state index in [0.29, 0.717) is 23.5 Å². The third-order valence-electron chi connectivity index (χ3n) is 10.3. The topological polar surface area (TPSA) is 66.9 Å². The van der Waals surface area contributed by atoms with Crippen LogP contribution < -0.4 is 10.1 Å². The molecule has 10 heteroatoms. The van der Waals surface area contributed by atoms with E-state index < -0.39 is 23.6 Å². The zero-order chi connectivity index (χ0) is 35.4. The first-order valence-corrected chi connectivity index (χ1v) is 17.8. The maximum Gasteiger partial charge on any atom is 0.416 e. The molecule has 3 aromatic carbocycles. The van der Waals surface area contributed by atoms with Crippen LogP contribution in [0, 0.1) is 0 Å². The molecule has 0 radical (unpaired) electrons. The zero-order valence-electron chi connectivity index (χ0n) is 28.7. The van der Waals surface area contributed by atoms with Gasteiger partial charge in [0.15, 0.2) is 0 Å². The summed E-state index contributed by atoms with van der Waals surface area (Å²) in [4.78, 5) is 23.3. The molecule has 0 spiro atoms. The number of ether oxygens (including phenoxy) is 2. The standard InChI is InChI=1S/C41H43F3N4O3/c1-28-35(40(49)50-27-26-47-22-24-48(25-23-47)38(29-12-4-2-5-13-29)30-14-6-3-7-15-30)36(32-18-10-11-19-33(32)41(42,43)44)37-34(46-28)20-21-45-39(37)51-31-16-8-9-17-31/h2-7,10-15,18-21,31,36,38,46H,8-9,16-17,22-27H2,1H3/t36-/m0/s1. The SMILES string of the molecule is CC1=C(C(=O)OCCN2CCN(C(c3ccccc3)c3ccccc3)CC2)[C@H](c2ccccc2C(F)(F)F)c2c(ccnc2OC2CCCC2)N1. The lowest BCUT2D eigenvalue weighted by molar-refractivity contribution is -0.141. The van der Waals surface area contributed by atoms with Gasteiger partial charge in [-0.15, -0.1) is 0 Å². The van der Waals surface area contributed by atoms with Gasteiger partial charge in [0.1, 0.15) is 12.7 Å². The van der Waals surface area contributed by atoms with Gasteiger partial charge < -0.3 is 14.8 Å². The number of esters is 1. The van der Waals surface area contributed by atoms with E-state index in [9.17, 15) is 18.0 Å². The molecule has 266 valence electrons. The quantitative estimate of drug-likeness (QED) is 0.168. The summed E-state index contributed by atoms with van der Waals surface area (Å²) in [5.41, 5.74) is 3.19. The van der Waals surface area contributed by atoms with Crippen molar-refractivity contribution in [3.63, 3.8) is 0 Å². The Hall–Kier alpha value is -4.67. The molecular formula is C41H43F3N4O3. The van der Waals surface area contributed by atoms with Crippen molar-refractivity contribution in [2.45, 2.75) is 56.8 Å². The Kier molecular flexibility index (Phi) is 10.4. The number of rotatable bonds is 10. The lowest BCUT2D eigenvalue weighted by Gasteiger charge is -2.39. The number of alkyl halides is 3. The third kappa shape index (κ3) is 7.67. The summed E-state index contributed by atoms with van der Waals surface area (Å²) < 4.78 is 55.8. The minimum absolute atomic E-state index is 0.0363. The molecule has 7 rings (SSSR count). The van der Waals surface area contributed by atoms with Gasteiger partial charge in [0.25, 0.3) is 0 Å². The Morgan fingerprint density at radius 1 is 0.882 bits per heavy atom. The van der Waals surface area contributed by atoms with Crippen molar-refractivity contribution in [1.29, 1.82) is 0 Å². The predicted molar refractivity (Wildman–Crippen MR) is 190 cm³/mol. The largest absolute Gasteiger partial charge is 0.474 e. The molecule has 2 aliphatic heterocycles. The number of carbonyl (C=O) groups excluding carboxylic acids is 1. The molecule has 0 bridgehead atoms. The second-order valence-electron chi connectivity index (χ2n) is 13.5. The van der Waals surface area contributed by atoms with Crippen LogP contribution >= 0.6 is 0 Å². The van der Waals surface area contributed by atoms with Crippen LogP contribution in [0.5, 0.6) is 5.88 Å². The average Bonchev–Trinajstić information content (AvgIpc) is 3.65. The van der Waals surface area contributed by atoms with Crippen LogP contribution in [0.2, 0.25) is 0 Å². The number of piperazine rings is 1. The van der Waals surface area contributed by atoms with Gasteiger partial charge in [-0.2, -0.15) is 13.2 Å². The van der Waals surface area contributed by atoms with Gasteiger partial charge in [-0.25, -0.2) is 9.78 Å². The highest BCUT2D eigenvalue weighted by atomic mass is 19.4. The Balaban J connectivity index is 1.08. The second kappa shape index (κ2) is 15.3. The van der Waals surface area contributed by atoms with Crippen LogP contribution in [0.4, 0.5) is 18.9 Å². The highest BCUT2D eigenvalue weighted by molar-refractivity contribution is 5.95. The van der Waals surface area contributed by atoms with E-state index in [1.165, 1.54) is 23.3 Å². The van der Waals surface area contributed by atoms with Crippen molar-refractivity contribution >= 4 is 11.7 Å². The van der Waals surface area contributed by atoms with E-state index in [-0.39, 0.29) is 35.8 Å². The maximum absolute atomic E-state index is 14.5. The van der Waals surface area contributed by atoms with Crippen molar-refractivity contribution in [1.82, 2.24) is 14.8 Å². The summed E-state index contributed by atoms with van der Waals surface area (Å²) in [5.74, 6) is -1.50. The normalized spacial score (nSPS) is 18.8. The molecule has 1 aliphatic carbocycles. The van der Waals surface area contributed by atoms with E-state index >= 15 is 0 Å². The van der Waals surface area contributed by atoms with Gasteiger partial charge in [-0.3, -0.25) is 9.80 Å². The number of pyridine rings is 1. The number of nitrogens with zero attached hydrogens (tertiary/aromatic N) is 3. The first-order valence-electron chi connectivity index (χ1n) is 17.8. The molecule has 2 fully saturated rings. The molecule has 1 atom stereocenters. The summed E-state index contributed by atoms with van der Waals surface area (Å²) in [7, 11) is 0. The second-order valence-corrected chi connectivity index (χ2v) is 13.5. The predicted octanol–water partition coefficient (Wildman–Crippen LogP) is 8.20. The molecule has 0 unspecified atom stereocenters. The Bertz CT molecular complexity index is 1800. The lowest BCUT2D eigenvalue weighted by Crippen LogP contribution is -2.48. The third-order valence-corrected chi connectivity index (χ3v) is 10.3. The number of nitrogens with one attached hydrogen (secondary N) is 1. The number of fused-ring (bicyclic) bond motifs is 1. The van der Waals surface area contributed by atoms with E-state index in [4.69, 9.17) is 9.47 Å². The fraction of sp³-hybridized carbons (Fsp3) is 0.366. The number of allylic oxidation sites excluding steroid dienone is 1. The molecule has 0 amide bonds. The molecule has 1 N–H and O–H groups in total. The highest BCUT2D eigenvalue weighted by Crippen LogP contribution is 2.49. The number of anilines is 1. The van der Waals surface area contributed by atoms with Gasteiger partial charge in [-0.05, 0) is 61.4 Å². The maximum atomic E-state index is 14.5. The first-order chi connectivity index (χ1) is 24.8. The Labute approximate surface area is 297 Å². The molecule has 1 saturated heterocycles. The number of hydrogen-bond donors (Lipinski definition) is 1. The van der Waals surface area contributed by atoms with Gasteiger partial charge >= 0.3 is 12.1 Å². The van der Waals surface area contributed by atoms with Crippen molar-refractivity contribution < 1.29 is 27.4 Å². The van der Waals surface area contributed by atoms with Crippen LogP contribution in [-0.4, -0.2) is 66.2 Å².